The largest absolute Gasteiger partial charge is 0.320 e. The molecule has 0 unspecified atom stereocenters. The van der Waals surface area contributed by atoms with Gasteiger partial charge in [-0.2, -0.15) is 0 Å². The van der Waals surface area contributed by atoms with E-state index in [9.17, 15) is 9.59 Å². The van der Waals surface area contributed by atoms with Gasteiger partial charge in [0.05, 0.1) is 12.5 Å². The van der Waals surface area contributed by atoms with E-state index in [1.165, 1.54) is 11.1 Å². The Hall–Kier alpha value is -2.21. The summed E-state index contributed by atoms with van der Waals surface area (Å²) in [5.41, 5.74) is 7.51. The predicted octanol–water partition coefficient (Wildman–Crippen LogP) is 4.19. The second-order valence-corrected chi connectivity index (χ2v) is 13.5. The zero-order chi connectivity index (χ0) is 24.1. The van der Waals surface area contributed by atoms with Gasteiger partial charge in [0.25, 0.3) is 0 Å². The van der Waals surface area contributed by atoms with Crippen molar-refractivity contribution >= 4 is 40.5 Å². The number of hydrogen-bond donors (Lipinski definition) is 0. The minimum absolute atomic E-state index is 0.0876. The Morgan fingerprint density at radius 1 is 0.719 bits per heavy atom. The molecule has 0 aliphatic carbocycles. The molecule has 3 rings (SSSR count). The maximum absolute atomic E-state index is 13.9. The molecule has 2 aromatic rings. The number of benzene rings is 2. The first-order valence-corrected chi connectivity index (χ1v) is 13.9. The summed E-state index contributed by atoms with van der Waals surface area (Å²) in [5.74, 6) is -0.175. The fraction of sp³-hybridized carbons (Fsp3) is 0.462. The van der Waals surface area contributed by atoms with E-state index < -0.39 is 12.0 Å². The quantitative estimate of drug-likeness (QED) is 0.397. The van der Waals surface area contributed by atoms with Crippen LogP contribution in [0.1, 0.15) is 47.2 Å². The molecule has 0 aromatic heterocycles. The number of rotatable bonds is 4. The van der Waals surface area contributed by atoms with E-state index in [0.717, 1.165) is 33.6 Å². The normalized spacial score (nSPS) is 17.0. The van der Waals surface area contributed by atoms with E-state index in [4.69, 9.17) is 0 Å². The van der Waals surface area contributed by atoms with Crippen molar-refractivity contribution in [3.8, 4) is 0 Å². The van der Waals surface area contributed by atoms with E-state index in [1.54, 1.807) is 13.8 Å². The minimum atomic E-state index is -1.13. The van der Waals surface area contributed by atoms with Crippen LogP contribution in [-0.2, 0) is 20.3 Å². The number of nitrogens with zero attached hydrogens (tertiary/aromatic N) is 2. The highest BCUT2D eigenvalue weighted by molar-refractivity contribution is 8.18. The Morgan fingerprint density at radius 2 is 1.03 bits per heavy atom. The first kappa shape index (κ1) is 24.4. The topological polar surface area (TPSA) is 40.6 Å². The van der Waals surface area contributed by atoms with Crippen molar-refractivity contribution in [3.63, 3.8) is 0 Å². The molecule has 0 saturated carbocycles. The molecule has 0 atom stereocenters. The van der Waals surface area contributed by atoms with Crippen LogP contribution in [0.15, 0.2) is 24.3 Å². The van der Waals surface area contributed by atoms with E-state index in [0.29, 0.717) is 0 Å². The van der Waals surface area contributed by atoms with Gasteiger partial charge < -0.3 is 9.80 Å². The molecule has 0 N–H and O–H groups in total. The summed E-state index contributed by atoms with van der Waals surface area (Å²) in [7, 11) is 0.145. The first-order valence-electron chi connectivity index (χ1n) is 11.4. The highest BCUT2D eigenvalue weighted by atomic mass is 32.2. The molecule has 1 aliphatic heterocycles. The standard InChI is InChI=1S/C26H37BN2O2S/c1-15-11-17(3)21(18(4)12-15)28-23(30)26(7,8)24(31)29(25(28)27-32(9)10)22-19(5)13-16(2)14-20(22)6/h11-14,25H,27H2,1-10H3. The van der Waals surface area contributed by atoms with Crippen LogP contribution >= 0.6 is 0 Å². The Labute approximate surface area is 196 Å². The zero-order valence-electron chi connectivity index (χ0n) is 21.5. The molecule has 1 saturated heterocycles. The lowest BCUT2D eigenvalue weighted by atomic mass is 9.80. The van der Waals surface area contributed by atoms with Gasteiger partial charge in [0.1, 0.15) is 5.41 Å². The molecule has 0 radical (unpaired) electrons. The lowest BCUT2D eigenvalue weighted by Crippen LogP contribution is -2.69. The number of carbonyl (C=O) groups excluding carboxylic acids is 2. The van der Waals surface area contributed by atoms with Crippen molar-refractivity contribution < 1.29 is 9.59 Å². The van der Waals surface area contributed by atoms with Crippen LogP contribution in [0, 0.1) is 47.0 Å². The SMILES string of the molecule is Cc1cc(C)c(N2C(=O)C(C)(C)C(=O)N(c3c(C)cc(C)cc3C)C2[BH2-][S+](C)C)c(C)c1. The average molecular weight is 452 g/mol. The van der Waals surface area contributed by atoms with Crippen molar-refractivity contribution in [2.75, 3.05) is 22.3 Å². The molecular formula is C26H37BN2O2S. The second-order valence-electron chi connectivity index (χ2n) is 10.6. The Kier molecular flexibility index (Phi) is 6.58. The van der Waals surface area contributed by atoms with Gasteiger partial charge in [0.2, 0.25) is 18.4 Å². The molecule has 6 heteroatoms. The lowest BCUT2D eigenvalue weighted by Gasteiger charge is -2.52. The Bertz CT molecular complexity index is 968. The third-order valence-corrected chi connectivity index (χ3v) is 8.05. The van der Waals surface area contributed by atoms with Crippen LogP contribution in [-0.4, -0.2) is 36.9 Å². The molecule has 0 bridgehead atoms. The van der Waals surface area contributed by atoms with Gasteiger partial charge in [-0.15, -0.1) is 0 Å². The van der Waals surface area contributed by atoms with Crippen molar-refractivity contribution in [2.45, 2.75) is 61.5 Å². The fourth-order valence-electron chi connectivity index (χ4n) is 5.46. The molecule has 32 heavy (non-hydrogen) atoms. The molecule has 1 heterocycles. The Balaban J connectivity index is 2.35. The van der Waals surface area contributed by atoms with Crippen molar-refractivity contribution in [1.29, 1.82) is 0 Å². The van der Waals surface area contributed by atoms with Gasteiger partial charge in [0, 0.05) is 17.4 Å². The zero-order valence-corrected chi connectivity index (χ0v) is 22.3. The molecule has 2 aromatic carbocycles. The summed E-state index contributed by atoms with van der Waals surface area (Å²) in [5, 5.41) is 0. The van der Waals surface area contributed by atoms with Crippen molar-refractivity contribution in [2.24, 2.45) is 5.41 Å². The maximum atomic E-state index is 13.9. The van der Waals surface area contributed by atoms with Crippen LogP contribution in [0.4, 0.5) is 11.4 Å². The highest BCUT2D eigenvalue weighted by Gasteiger charge is 2.52. The highest BCUT2D eigenvalue weighted by Crippen LogP contribution is 2.41. The monoisotopic (exact) mass is 452 g/mol. The van der Waals surface area contributed by atoms with Gasteiger partial charge in [-0.05, 0) is 77.6 Å². The van der Waals surface area contributed by atoms with Crippen LogP contribution in [0.5, 0.6) is 0 Å². The number of carbonyl (C=O) groups is 2. The average Bonchev–Trinajstić information content (AvgIpc) is 2.63. The van der Waals surface area contributed by atoms with Crippen molar-refractivity contribution in [1.82, 2.24) is 0 Å². The number of hydrogen-bond acceptors (Lipinski definition) is 2. The number of amides is 2. The summed E-state index contributed by atoms with van der Waals surface area (Å²) in [4.78, 5) is 31.8. The van der Waals surface area contributed by atoms with E-state index in [2.05, 4.69) is 78.3 Å². The summed E-state index contributed by atoms with van der Waals surface area (Å²) < 4.78 is 0. The molecule has 4 nitrogen and oxygen atoms in total. The van der Waals surface area contributed by atoms with Crippen LogP contribution < -0.4 is 9.80 Å². The molecular weight excluding hydrogens is 415 g/mol. The first-order chi connectivity index (χ1) is 14.8. The third-order valence-electron chi connectivity index (χ3n) is 6.69. The second kappa shape index (κ2) is 8.62. The summed E-state index contributed by atoms with van der Waals surface area (Å²) in [6.45, 7) is 15.4. The van der Waals surface area contributed by atoms with Crippen LogP contribution in [0.3, 0.4) is 0 Å². The van der Waals surface area contributed by atoms with Crippen LogP contribution in [0.2, 0.25) is 0 Å². The maximum Gasteiger partial charge on any atom is 0.241 e. The fourth-order valence-corrected chi connectivity index (χ4v) is 6.73. The summed E-state index contributed by atoms with van der Waals surface area (Å²) >= 11 is 0. The molecule has 1 aliphatic rings. The molecule has 1 fully saturated rings. The van der Waals surface area contributed by atoms with Gasteiger partial charge >= 0.3 is 0 Å². The van der Waals surface area contributed by atoms with E-state index >= 15 is 0 Å². The van der Waals surface area contributed by atoms with Gasteiger partial charge in [-0.25, -0.2) is 10.7 Å². The van der Waals surface area contributed by atoms with Gasteiger partial charge in [-0.3, -0.25) is 9.59 Å². The molecule has 172 valence electrons. The molecule has 0 spiro atoms. The molecule has 2 amide bonds. The Morgan fingerprint density at radius 3 is 1.31 bits per heavy atom. The summed E-state index contributed by atoms with van der Waals surface area (Å²) in [6.07, 6.45) is 4.46. The lowest BCUT2D eigenvalue weighted by molar-refractivity contribution is -0.140. The smallest absolute Gasteiger partial charge is 0.241 e. The van der Waals surface area contributed by atoms with E-state index in [-0.39, 0.29) is 28.6 Å². The van der Waals surface area contributed by atoms with E-state index in [1.807, 2.05) is 9.80 Å². The van der Waals surface area contributed by atoms with Crippen molar-refractivity contribution in [3.05, 3.63) is 57.6 Å². The van der Waals surface area contributed by atoms with Gasteiger partial charge in [-0.1, -0.05) is 35.4 Å². The minimum Gasteiger partial charge on any atom is -0.320 e. The number of anilines is 2. The third kappa shape index (κ3) is 4.10. The van der Waals surface area contributed by atoms with Gasteiger partial charge in [0.15, 0.2) is 0 Å². The summed E-state index contributed by atoms with van der Waals surface area (Å²) in [6, 6.07) is 8.32. The van der Waals surface area contributed by atoms with Crippen LogP contribution in [0.25, 0.3) is 0 Å². The predicted molar refractivity (Wildman–Crippen MR) is 142 cm³/mol. The number of aryl methyl sites for hydroxylation is 6.